The summed E-state index contributed by atoms with van der Waals surface area (Å²) in [5.41, 5.74) is -0.561. The fourth-order valence-corrected chi connectivity index (χ4v) is 14.6. The number of carbonyl (C=O) groups is 1. The number of phenols is 2. The number of nitrogens with one attached hydrogen (secondary N) is 3. The first-order valence-electron chi connectivity index (χ1n) is 25.4. The van der Waals surface area contributed by atoms with Crippen molar-refractivity contribution in [3.05, 3.63) is 106 Å². The van der Waals surface area contributed by atoms with Gasteiger partial charge in [0.25, 0.3) is 0 Å². The number of piperidine rings is 1. The number of phenolic OH excluding ortho intramolecular Hbond substituents is 2. The number of fused-ring (bicyclic) bond motifs is 5. The smallest absolute Gasteiger partial charge is 0.220 e. The Hall–Kier alpha value is -5.76. The number of rotatable bonds is 13. The molecule has 2 saturated carbocycles. The number of aromatic hydroxyl groups is 2. The van der Waals surface area contributed by atoms with Crippen LogP contribution in [0.25, 0.3) is 38.3 Å². The average molecular weight is 987 g/mol. The largest absolute Gasteiger partial charge is 0.508 e. The normalized spacial score (nSPS) is 30.5. The van der Waals surface area contributed by atoms with E-state index in [-0.39, 0.29) is 64.8 Å². The SMILES string of the molecule is CCc1c2cc[nH]c2cn1-c1c2c(cc3c(=O)cc(C)oc13)C[C@@H](OOC[C@@](O)(Cc1ccc(O)c3ccc(O)cc13)[C@@H](O)[C@H](O)[C@H](O)CO)[C@]1(O2)[C@@H]2C=C[C@]34NCCC[C@H]3C[C@H](C[C@H]41)[C@@H]2[C@@H]1CNC(=O)C1. The van der Waals surface area contributed by atoms with Crippen LogP contribution in [0, 0.1) is 42.4 Å². The number of benzene rings is 3. The minimum absolute atomic E-state index is 0.00373. The Balaban J connectivity index is 1.03. The maximum atomic E-state index is 14.1. The Labute approximate surface area is 413 Å². The quantitative estimate of drug-likeness (QED) is 0.0441. The number of aryl methyl sites for hydroxylation is 2. The number of aliphatic hydroxyl groups excluding tert-OH is 4. The minimum atomic E-state index is -2.44. The number of carbonyl (C=O) groups excluding carboxylic acids is 1. The van der Waals surface area contributed by atoms with Crippen molar-refractivity contribution in [3.63, 3.8) is 0 Å². The predicted octanol–water partition coefficient (Wildman–Crippen LogP) is 4.26. The number of aliphatic hydroxyl groups is 5. The van der Waals surface area contributed by atoms with Crippen LogP contribution in [0.4, 0.5) is 0 Å². The molecule has 17 heteroatoms. The highest BCUT2D eigenvalue weighted by molar-refractivity contribution is 5.93. The van der Waals surface area contributed by atoms with Crippen LogP contribution in [0.1, 0.15) is 61.6 Å². The summed E-state index contributed by atoms with van der Waals surface area (Å²) < 4.78 is 16.7. The molecular weight excluding hydrogens is 925 g/mol. The molecule has 1 amide bonds. The highest BCUT2D eigenvalue weighted by Crippen LogP contribution is 2.67. The zero-order valence-corrected chi connectivity index (χ0v) is 40.2. The molecule has 12 rings (SSSR count). The van der Waals surface area contributed by atoms with Crippen LogP contribution >= 0.6 is 0 Å². The lowest BCUT2D eigenvalue weighted by Crippen LogP contribution is -2.79. The average Bonchev–Trinajstić information content (AvgIpc) is 4.10. The number of amides is 1. The van der Waals surface area contributed by atoms with E-state index in [1.807, 2.05) is 18.5 Å². The van der Waals surface area contributed by atoms with Crippen molar-refractivity contribution < 1.29 is 59.5 Å². The number of aromatic amines is 1. The first kappa shape index (κ1) is 47.3. The molecule has 0 radical (unpaired) electrons. The van der Waals surface area contributed by atoms with Gasteiger partial charge in [0.1, 0.15) is 65.2 Å². The van der Waals surface area contributed by atoms with E-state index in [0.29, 0.717) is 69.5 Å². The van der Waals surface area contributed by atoms with Crippen molar-refractivity contribution in [1.82, 2.24) is 20.2 Å². The van der Waals surface area contributed by atoms with Gasteiger partial charge in [-0.15, -0.1) is 0 Å². The molecule has 13 atom stereocenters. The standard InChI is InChI=1S/C55H62N4O13/c1-3-40-35-11-14-56-39(35)24-59(40)48-50-30(17-37-42(63)15-27(2)70-51(37)48)19-45(55(71-50)38-10-12-54-32(5-4-13-58-54)16-29(18-44(54)55)47(38)31-20-46(65)57-23-31)72-69-26-53(68,52(67)49(66)43(64)25-60)22-28-6-9-41(62)34-8-7-33(61)21-36(28)34/h6-12,14-15,17,21,24,29,31-32,38,43-45,47,49,52,56,58,60-62,64,66-68H,3-5,13,16,18-20,22-23,25-26H2,1-2H3,(H,57,65)/t29-,31+,32+,38-,43-,44-,45-,47-,49-,52+,53+,54+,55+/m1/s1. The fraction of sp³-hybridized carbons (Fsp3) is 0.491. The molecule has 17 nitrogen and oxygen atoms in total. The summed E-state index contributed by atoms with van der Waals surface area (Å²) in [6, 6.07) is 12.6. The molecular formula is C55H62N4O13. The Kier molecular flexibility index (Phi) is 11.4. The molecule has 10 N–H and O–H groups in total. The van der Waals surface area contributed by atoms with Crippen molar-refractivity contribution in [2.75, 3.05) is 26.3 Å². The molecule has 2 saturated heterocycles. The third-order valence-corrected chi connectivity index (χ3v) is 17.8. The van der Waals surface area contributed by atoms with Crippen molar-refractivity contribution in [1.29, 1.82) is 0 Å². The van der Waals surface area contributed by atoms with Crippen LogP contribution in [0.3, 0.4) is 0 Å². The van der Waals surface area contributed by atoms with Gasteiger partial charge in [-0.2, -0.15) is 0 Å². The molecule has 0 unspecified atom stereocenters. The summed E-state index contributed by atoms with van der Waals surface area (Å²) in [6.45, 7) is 3.44. The van der Waals surface area contributed by atoms with Gasteiger partial charge < -0.3 is 65.1 Å². The van der Waals surface area contributed by atoms with Crippen LogP contribution in [0.15, 0.2) is 82.3 Å². The Morgan fingerprint density at radius 1 is 0.986 bits per heavy atom. The molecule has 3 bridgehead atoms. The van der Waals surface area contributed by atoms with E-state index >= 15 is 0 Å². The van der Waals surface area contributed by atoms with Crippen LogP contribution in [0.2, 0.25) is 0 Å². The maximum Gasteiger partial charge on any atom is 0.220 e. The zero-order chi connectivity index (χ0) is 50.0. The van der Waals surface area contributed by atoms with Crippen molar-refractivity contribution in [2.45, 2.75) is 106 Å². The van der Waals surface area contributed by atoms with Crippen LogP contribution in [0.5, 0.6) is 17.2 Å². The molecule has 3 aromatic heterocycles. The summed E-state index contributed by atoms with van der Waals surface area (Å²) in [5.74, 6) is 0.654. The summed E-state index contributed by atoms with van der Waals surface area (Å²) in [7, 11) is 0. The molecule has 6 aromatic rings. The number of ether oxygens (including phenoxy) is 1. The van der Waals surface area contributed by atoms with Gasteiger partial charge in [-0.3, -0.25) is 9.59 Å². The second kappa shape index (κ2) is 17.4. The van der Waals surface area contributed by atoms with Crippen LogP contribution in [-0.2, 0) is 33.8 Å². The molecule has 380 valence electrons. The van der Waals surface area contributed by atoms with Gasteiger partial charge in [-0.05, 0) is 117 Å². The fourth-order valence-electron chi connectivity index (χ4n) is 14.6. The highest BCUT2D eigenvalue weighted by Gasteiger charge is 2.73. The molecule has 4 fully saturated rings. The molecule has 3 aromatic carbocycles. The lowest BCUT2D eigenvalue weighted by molar-refractivity contribution is -0.388. The molecule has 6 aliphatic rings. The summed E-state index contributed by atoms with van der Waals surface area (Å²) in [6.07, 6.45) is 6.01. The molecule has 6 heterocycles. The highest BCUT2D eigenvalue weighted by atomic mass is 17.2. The second-order valence-corrected chi connectivity index (χ2v) is 21.6. The lowest BCUT2D eigenvalue weighted by atomic mass is 9.41. The van der Waals surface area contributed by atoms with Crippen molar-refractivity contribution >= 4 is 38.6 Å². The van der Waals surface area contributed by atoms with Gasteiger partial charge in [-0.25, -0.2) is 9.78 Å². The number of H-pyrrole nitrogens is 1. The van der Waals surface area contributed by atoms with Crippen LogP contribution in [-0.4, -0.2) is 119 Å². The number of hydrogen-bond acceptors (Lipinski definition) is 14. The van der Waals surface area contributed by atoms with E-state index in [4.69, 9.17) is 18.9 Å². The first-order chi connectivity index (χ1) is 34.7. The van der Waals surface area contributed by atoms with E-state index in [2.05, 4.69) is 39.3 Å². The maximum absolute atomic E-state index is 14.1. The second-order valence-electron chi connectivity index (χ2n) is 21.6. The van der Waals surface area contributed by atoms with Gasteiger partial charge >= 0.3 is 0 Å². The van der Waals surface area contributed by atoms with Gasteiger partial charge in [-0.1, -0.05) is 25.1 Å². The molecule has 2 spiro atoms. The summed E-state index contributed by atoms with van der Waals surface area (Å²) in [5, 5.41) is 86.7. The molecule has 72 heavy (non-hydrogen) atoms. The number of hydrogen-bond donors (Lipinski definition) is 10. The Morgan fingerprint density at radius 2 is 1.83 bits per heavy atom. The topological polar surface area (TPSA) is 261 Å². The van der Waals surface area contributed by atoms with Gasteiger partial charge in [0.05, 0.1) is 17.5 Å². The molecule has 3 aliphatic carbocycles. The first-order valence-corrected chi connectivity index (χ1v) is 25.4. The third-order valence-electron chi connectivity index (χ3n) is 17.8. The number of nitrogens with zero attached hydrogens (tertiary/aromatic N) is 1. The van der Waals surface area contributed by atoms with E-state index in [1.165, 1.54) is 36.4 Å². The monoisotopic (exact) mass is 986 g/mol. The Morgan fingerprint density at radius 3 is 2.62 bits per heavy atom. The van der Waals surface area contributed by atoms with E-state index in [0.717, 1.165) is 48.8 Å². The molecule has 3 aliphatic heterocycles. The van der Waals surface area contributed by atoms with Crippen molar-refractivity contribution in [2.24, 2.45) is 35.5 Å². The number of aromatic nitrogens is 2. The van der Waals surface area contributed by atoms with Gasteiger partial charge in [0, 0.05) is 83.7 Å². The minimum Gasteiger partial charge on any atom is -0.508 e. The summed E-state index contributed by atoms with van der Waals surface area (Å²) >= 11 is 0. The van der Waals surface area contributed by atoms with E-state index < -0.39 is 60.8 Å². The van der Waals surface area contributed by atoms with Gasteiger partial charge in [0.15, 0.2) is 16.8 Å². The predicted molar refractivity (Wildman–Crippen MR) is 264 cm³/mol. The third kappa shape index (κ3) is 7.10. The van der Waals surface area contributed by atoms with Crippen LogP contribution < -0.4 is 20.8 Å². The van der Waals surface area contributed by atoms with Gasteiger partial charge in [0.2, 0.25) is 5.91 Å². The van der Waals surface area contributed by atoms with E-state index in [1.54, 1.807) is 13.0 Å². The Bertz CT molecular complexity index is 3220. The summed E-state index contributed by atoms with van der Waals surface area (Å²) in [4.78, 5) is 43.8. The van der Waals surface area contributed by atoms with Crippen molar-refractivity contribution in [3.8, 4) is 22.9 Å². The van der Waals surface area contributed by atoms with E-state index in [9.17, 15) is 45.3 Å². The zero-order valence-electron chi connectivity index (χ0n) is 40.2. The lowest BCUT2D eigenvalue weighted by Gasteiger charge is -2.70.